The van der Waals surface area contributed by atoms with E-state index in [0.29, 0.717) is 0 Å². The van der Waals surface area contributed by atoms with Crippen molar-refractivity contribution in [3.8, 4) is 0 Å². The number of aliphatic hydroxyl groups excluding tert-OH is 1. The van der Waals surface area contributed by atoms with Crippen LogP contribution in [0.3, 0.4) is 0 Å². The Morgan fingerprint density at radius 2 is 2.00 bits per heavy atom. The van der Waals surface area contributed by atoms with E-state index >= 15 is 0 Å². The van der Waals surface area contributed by atoms with E-state index in [9.17, 15) is 0 Å². The lowest BCUT2D eigenvalue weighted by Gasteiger charge is -2.06. The molecule has 3 N–H and O–H groups in total. The molecule has 110 valence electrons. The van der Waals surface area contributed by atoms with Gasteiger partial charge in [-0.05, 0) is 24.5 Å². The molecule has 0 aliphatic carbocycles. The molecule has 0 amide bonds. The zero-order valence-electron chi connectivity index (χ0n) is 12.4. The van der Waals surface area contributed by atoms with Crippen LogP contribution in [-0.2, 0) is 13.0 Å². The molecule has 0 radical (unpaired) electrons. The predicted molar refractivity (Wildman–Crippen MR) is 84.8 cm³/mol. The number of rotatable bonds is 8. The number of aryl methyl sites for hydroxylation is 1. The second kappa shape index (κ2) is 7.46. The van der Waals surface area contributed by atoms with E-state index in [-0.39, 0.29) is 12.6 Å². The van der Waals surface area contributed by atoms with Crippen molar-refractivity contribution >= 4 is 10.9 Å². The molecule has 1 atom stereocenters. The van der Waals surface area contributed by atoms with Crippen LogP contribution >= 0.6 is 0 Å². The molecule has 3 nitrogen and oxygen atoms in total. The van der Waals surface area contributed by atoms with Gasteiger partial charge in [-0.2, -0.15) is 0 Å². The summed E-state index contributed by atoms with van der Waals surface area (Å²) in [6.45, 7) is 3.34. The fourth-order valence-corrected chi connectivity index (χ4v) is 2.73. The first kappa shape index (κ1) is 15.1. The highest BCUT2D eigenvalue weighted by molar-refractivity contribution is 5.84. The normalized spacial score (nSPS) is 12.9. The lowest BCUT2D eigenvalue weighted by Crippen LogP contribution is -2.26. The summed E-state index contributed by atoms with van der Waals surface area (Å²) < 4.78 is 2.34. The summed E-state index contributed by atoms with van der Waals surface area (Å²) in [5.74, 6) is 0. The number of fused-ring (bicyclic) bond motifs is 1. The van der Waals surface area contributed by atoms with Gasteiger partial charge in [-0.25, -0.2) is 0 Å². The smallest absolute Gasteiger partial charge is 0.0585 e. The minimum absolute atomic E-state index is 0.0377. The Kier molecular flexibility index (Phi) is 5.62. The standard InChI is InChI=1S/C17H26N2O/c1-2-3-4-7-10-19-12-14(11-15(18)13-20)16-8-5-6-9-17(16)19/h5-6,8-9,12,15,20H,2-4,7,10-11,13,18H2,1H3/t15-/m0/s1. The highest BCUT2D eigenvalue weighted by atomic mass is 16.3. The fourth-order valence-electron chi connectivity index (χ4n) is 2.73. The Morgan fingerprint density at radius 1 is 1.20 bits per heavy atom. The lowest BCUT2D eigenvalue weighted by atomic mass is 10.1. The summed E-state index contributed by atoms with van der Waals surface area (Å²) in [6, 6.07) is 8.30. The zero-order valence-corrected chi connectivity index (χ0v) is 12.4. The van der Waals surface area contributed by atoms with Gasteiger partial charge in [0, 0.05) is 29.7 Å². The summed E-state index contributed by atoms with van der Waals surface area (Å²) in [6.07, 6.45) is 8.03. The molecule has 0 saturated carbocycles. The van der Waals surface area contributed by atoms with Gasteiger partial charge in [-0.15, -0.1) is 0 Å². The monoisotopic (exact) mass is 274 g/mol. The van der Waals surface area contributed by atoms with E-state index in [0.717, 1.165) is 13.0 Å². The Morgan fingerprint density at radius 3 is 2.75 bits per heavy atom. The molecule has 0 fully saturated rings. The van der Waals surface area contributed by atoms with Crippen LogP contribution < -0.4 is 5.73 Å². The van der Waals surface area contributed by atoms with Crippen LogP contribution in [0.2, 0.25) is 0 Å². The van der Waals surface area contributed by atoms with Gasteiger partial charge in [-0.1, -0.05) is 44.4 Å². The van der Waals surface area contributed by atoms with Gasteiger partial charge in [0.15, 0.2) is 0 Å². The number of benzene rings is 1. The van der Waals surface area contributed by atoms with Gasteiger partial charge in [0.05, 0.1) is 6.61 Å². The van der Waals surface area contributed by atoms with Crippen LogP contribution in [0.15, 0.2) is 30.5 Å². The Bertz CT molecular complexity index is 533. The van der Waals surface area contributed by atoms with E-state index in [1.165, 1.54) is 42.1 Å². The predicted octanol–water partition coefficient (Wildman–Crippen LogP) is 3.08. The minimum Gasteiger partial charge on any atom is -0.395 e. The van der Waals surface area contributed by atoms with E-state index < -0.39 is 0 Å². The summed E-state index contributed by atoms with van der Waals surface area (Å²) in [4.78, 5) is 0. The number of nitrogens with two attached hydrogens (primary N) is 1. The molecule has 1 aromatic heterocycles. The number of aromatic nitrogens is 1. The van der Waals surface area contributed by atoms with Crippen molar-refractivity contribution in [1.29, 1.82) is 0 Å². The molecule has 1 aromatic carbocycles. The first-order valence-corrected chi connectivity index (χ1v) is 7.69. The van der Waals surface area contributed by atoms with Crippen molar-refractivity contribution in [2.24, 2.45) is 5.73 Å². The number of hydrogen-bond acceptors (Lipinski definition) is 2. The summed E-state index contributed by atoms with van der Waals surface area (Å²) in [5.41, 5.74) is 8.42. The molecular weight excluding hydrogens is 248 g/mol. The summed E-state index contributed by atoms with van der Waals surface area (Å²) in [7, 11) is 0. The van der Waals surface area contributed by atoms with Crippen LogP contribution in [0.1, 0.15) is 38.2 Å². The van der Waals surface area contributed by atoms with Gasteiger partial charge in [0.2, 0.25) is 0 Å². The minimum atomic E-state index is -0.172. The third kappa shape index (κ3) is 3.62. The van der Waals surface area contributed by atoms with E-state index in [2.05, 4.69) is 42.0 Å². The van der Waals surface area contributed by atoms with Gasteiger partial charge >= 0.3 is 0 Å². The first-order chi connectivity index (χ1) is 9.76. The lowest BCUT2D eigenvalue weighted by molar-refractivity contribution is 0.265. The topological polar surface area (TPSA) is 51.2 Å². The second-order valence-corrected chi connectivity index (χ2v) is 5.57. The van der Waals surface area contributed by atoms with Crippen LogP contribution in [-0.4, -0.2) is 22.3 Å². The van der Waals surface area contributed by atoms with Crippen LogP contribution in [0.4, 0.5) is 0 Å². The maximum absolute atomic E-state index is 9.14. The SMILES string of the molecule is CCCCCCn1cc(C[C@H](N)CO)c2ccccc21. The molecule has 0 aliphatic rings. The van der Waals surface area contributed by atoms with Crippen molar-refractivity contribution in [1.82, 2.24) is 4.57 Å². The molecule has 0 spiro atoms. The summed E-state index contributed by atoms with van der Waals surface area (Å²) in [5, 5.41) is 10.4. The zero-order chi connectivity index (χ0) is 14.4. The number of hydrogen-bond donors (Lipinski definition) is 2. The molecule has 1 heterocycles. The number of unbranched alkanes of at least 4 members (excludes halogenated alkanes) is 3. The third-order valence-electron chi connectivity index (χ3n) is 3.84. The Balaban J connectivity index is 2.17. The van der Waals surface area contributed by atoms with Gasteiger partial charge in [-0.3, -0.25) is 0 Å². The van der Waals surface area contributed by atoms with Crippen LogP contribution in [0, 0.1) is 0 Å². The van der Waals surface area contributed by atoms with Gasteiger partial charge < -0.3 is 15.4 Å². The molecule has 20 heavy (non-hydrogen) atoms. The first-order valence-electron chi connectivity index (χ1n) is 7.69. The van der Waals surface area contributed by atoms with Crippen molar-refractivity contribution in [2.75, 3.05) is 6.61 Å². The van der Waals surface area contributed by atoms with E-state index in [1.807, 2.05) is 0 Å². The number of aliphatic hydroxyl groups is 1. The highest BCUT2D eigenvalue weighted by Gasteiger charge is 2.10. The Hall–Kier alpha value is -1.32. The quantitative estimate of drug-likeness (QED) is 0.727. The van der Waals surface area contributed by atoms with Crippen molar-refractivity contribution in [2.45, 2.75) is 51.6 Å². The van der Waals surface area contributed by atoms with Crippen LogP contribution in [0.5, 0.6) is 0 Å². The molecule has 3 heteroatoms. The summed E-state index contributed by atoms with van der Waals surface area (Å²) >= 11 is 0. The molecule has 0 aliphatic heterocycles. The second-order valence-electron chi connectivity index (χ2n) is 5.57. The highest BCUT2D eigenvalue weighted by Crippen LogP contribution is 2.23. The average molecular weight is 274 g/mol. The molecule has 0 unspecified atom stereocenters. The fraction of sp³-hybridized carbons (Fsp3) is 0.529. The van der Waals surface area contributed by atoms with Gasteiger partial charge in [0.1, 0.15) is 0 Å². The molecular formula is C17H26N2O. The number of nitrogens with zero attached hydrogens (tertiary/aromatic N) is 1. The molecule has 0 bridgehead atoms. The van der Waals surface area contributed by atoms with Crippen molar-refractivity contribution in [3.63, 3.8) is 0 Å². The third-order valence-corrected chi connectivity index (χ3v) is 3.84. The van der Waals surface area contributed by atoms with E-state index in [4.69, 9.17) is 10.8 Å². The van der Waals surface area contributed by atoms with Crippen molar-refractivity contribution in [3.05, 3.63) is 36.0 Å². The Labute approximate surface area is 121 Å². The largest absolute Gasteiger partial charge is 0.395 e. The molecule has 0 saturated heterocycles. The molecule has 2 aromatic rings. The maximum Gasteiger partial charge on any atom is 0.0585 e. The van der Waals surface area contributed by atoms with E-state index in [1.54, 1.807) is 0 Å². The molecule has 2 rings (SSSR count). The average Bonchev–Trinajstić information content (AvgIpc) is 2.82. The van der Waals surface area contributed by atoms with Gasteiger partial charge in [0.25, 0.3) is 0 Å². The number of para-hydroxylation sites is 1. The van der Waals surface area contributed by atoms with Crippen LogP contribution in [0.25, 0.3) is 10.9 Å². The maximum atomic E-state index is 9.14. The van der Waals surface area contributed by atoms with Crippen molar-refractivity contribution < 1.29 is 5.11 Å².